The van der Waals surface area contributed by atoms with Crippen LogP contribution in [0.3, 0.4) is 0 Å². The van der Waals surface area contributed by atoms with Gasteiger partial charge in [0.2, 0.25) is 0 Å². The number of aromatic hydroxyl groups is 2. The lowest BCUT2D eigenvalue weighted by Crippen LogP contribution is -2.12. The Hall–Kier alpha value is -2.53. The standard InChI is InChI=1S/C15H16N2O3/c1-16-9-10-4-2-5-11(8-10)17-15(20)12-6-3-7-13(18)14(12)19/h2-8,16,18-19H,9H2,1H3,(H,17,20). The van der Waals surface area contributed by atoms with E-state index in [1.165, 1.54) is 18.2 Å². The molecule has 0 spiro atoms. The van der Waals surface area contributed by atoms with Crippen molar-refractivity contribution in [2.24, 2.45) is 0 Å². The van der Waals surface area contributed by atoms with E-state index < -0.39 is 11.7 Å². The van der Waals surface area contributed by atoms with Gasteiger partial charge in [-0.05, 0) is 36.9 Å². The van der Waals surface area contributed by atoms with Gasteiger partial charge in [-0.2, -0.15) is 0 Å². The van der Waals surface area contributed by atoms with Gasteiger partial charge in [-0.1, -0.05) is 18.2 Å². The van der Waals surface area contributed by atoms with Crippen molar-refractivity contribution in [3.8, 4) is 11.5 Å². The van der Waals surface area contributed by atoms with Crippen LogP contribution in [0.25, 0.3) is 0 Å². The van der Waals surface area contributed by atoms with E-state index >= 15 is 0 Å². The summed E-state index contributed by atoms with van der Waals surface area (Å²) in [6.07, 6.45) is 0. The first-order valence-electron chi connectivity index (χ1n) is 6.17. The normalized spacial score (nSPS) is 10.2. The maximum atomic E-state index is 12.1. The molecule has 4 N–H and O–H groups in total. The number of nitrogens with one attached hydrogen (secondary N) is 2. The minimum atomic E-state index is -0.472. The number of para-hydroxylation sites is 1. The van der Waals surface area contributed by atoms with Crippen molar-refractivity contribution in [3.05, 3.63) is 53.6 Å². The molecule has 5 nitrogen and oxygen atoms in total. The van der Waals surface area contributed by atoms with Gasteiger partial charge >= 0.3 is 0 Å². The lowest BCUT2D eigenvalue weighted by molar-refractivity contribution is 0.102. The van der Waals surface area contributed by atoms with Gasteiger partial charge in [0.1, 0.15) is 0 Å². The van der Waals surface area contributed by atoms with Crippen molar-refractivity contribution in [1.29, 1.82) is 0 Å². The molecule has 0 heterocycles. The third-order valence-electron chi connectivity index (χ3n) is 2.83. The van der Waals surface area contributed by atoms with Crippen molar-refractivity contribution >= 4 is 11.6 Å². The van der Waals surface area contributed by atoms with Crippen LogP contribution in [-0.2, 0) is 6.54 Å². The molecule has 20 heavy (non-hydrogen) atoms. The summed E-state index contributed by atoms with van der Waals surface area (Å²) in [5.41, 5.74) is 1.69. The second kappa shape index (κ2) is 6.08. The smallest absolute Gasteiger partial charge is 0.259 e. The van der Waals surface area contributed by atoms with Crippen LogP contribution >= 0.6 is 0 Å². The molecule has 0 bridgehead atoms. The fourth-order valence-corrected chi connectivity index (χ4v) is 1.88. The molecule has 0 saturated carbocycles. The highest BCUT2D eigenvalue weighted by atomic mass is 16.3. The number of phenols is 2. The predicted octanol–water partition coefficient (Wildman–Crippen LogP) is 2.07. The second-order valence-electron chi connectivity index (χ2n) is 4.36. The van der Waals surface area contributed by atoms with Crippen molar-refractivity contribution in [2.45, 2.75) is 6.54 Å². The van der Waals surface area contributed by atoms with Gasteiger partial charge in [0, 0.05) is 12.2 Å². The molecule has 0 aliphatic carbocycles. The highest BCUT2D eigenvalue weighted by molar-refractivity contribution is 6.06. The Labute approximate surface area is 116 Å². The lowest BCUT2D eigenvalue weighted by atomic mass is 10.1. The van der Waals surface area contributed by atoms with E-state index in [0.29, 0.717) is 12.2 Å². The van der Waals surface area contributed by atoms with E-state index in [9.17, 15) is 15.0 Å². The van der Waals surface area contributed by atoms with Crippen molar-refractivity contribution in [1.82, 2.24) is 5.32 Å². The van der Waals surface area contributed by atoms with Gasteiger partial charge in [-0.25, -0.2) is 0 Å². The zero-order chi connectivity index (χ0) is 14.5. The van der Waals surface area contributed by atoms with Crippen LogP contribution in [0.15, 0.2) is 42.5 Å². The van der Waals surface area contributed by atoms with Crippen molar-refractivity contribution in [2.75, 3.05) is 12.4 Å². The minimum absolute atomic E-state index is 0.0315. The maximum absolute atomic E-state index is 12.1. The number of rotatable bonds is 4. The van der Waals surface area contributed by atoms with Crippen molar-refractivity contribution < 1.29 is 15.0 Å². The Morgan fingerprint density at radius 1 is 1.15 bits per heavy atom. The molecule has 0 atom stereocenters. The first kappa shape index (κ1) is 13.9. The number of hydrogen-bond donors (Lipinski definition) is 4. The van der Waals surface area contributed by atoms with Crippen LogP contribution in [0.1, 0.15) is 15.9 Å². The fourth-order valence-electron chi connectivity index (χ4n) is 1.88. The quantitative estimate of drug-likeness (QED) is 0.642. The average molecular weight is 272 g/mol. The number of benzene rings is 2. The van der Waals surface area contributed by atoms with E-state index in [2.05, 4.69) is 10.6 Å². The number of amides is 1. The summed E-state index contributed by atoms with van der Waals surface area (Å²) in [6.45, 7) is 0.696. The monoisotopic (exact) mass is 272 g/mol. The SMILES string of the molecule is CNCc1cccc(NC(=O)c2cccc(O)c2O)c1. The molecular formula is C15H16N2O3. The second-order valence-corrected chi connectivity index (χ2v) is 4.36. The van der Waals surface area contributed by atoms with E-state index in [4.69, 9.17) is 0 Å². The molecule has 0 unspecified atom stereocenters. The zero-order valence-electron chi connectivity index (χ0n) is 11.1. The zero-order valence-corrected chi connectivity index (χ0v) is 11.1. The van der Waals surface area contributed by atoms with Crippen LogP contribution in [0, 0.1) is 0 Å². The molecule has 0 aliphatic heterocycles. The average Bonchev–Trinajstić information content (AvgIpc) is 2.42. The summed E-state index contributed by atoms with van der Waals surface area (Å²) >= 11 is 0. The summed E-state index contributed by atoms with van der Waals surface area (Å²) in [5.74, 6) is -1.21. The van der Waals surface area contributed by atoms with Crippen LogP contribution < -0.4 is 10.6 Å². The van der Waals surface area contributed by atoms with Gasteiger partial charge in [0.25, 0.3) is 5.91 Å². The van der Waals surface area contributed by atoms with E-state index in [1.54, 1.807) is 6.07 Å². The molecule has 0 aliphatic rings. The van der Waals surface area contributed by atoms with Gasteiger partial charge in [0.15, 0.2) is 11.5 Å². The molecule has 2 aromatic rings. The molecule has 5 heteroatoms. The molecule has 2 rings (SSSR count). The Morgan fingerprint density at radius 2 is 1.90 bits per heavy atom. The van der Waals surface area contributed by atoms with Gasteiger partial charge in [-0.15, -0.1) is 0 Å². The van der Waals surface area contributed by atoms with Gasteiger partial charge < -0.3 is 20.8 Å². The number of carbonyl (C=O) groups excluding carboxylic acids is 1. The minimum Gasteiger partial charge on any atom is -0.504 e. The molecule has 104 valence electrons. The van der Waals surface area contributed by atoms with Crippen LogP contribution in [-0.4, -0.2) is 23.2 Å². The third kappa shape index (κ3) is 3.07. The third-order valence-corrected chi connectivity index (χ3v) is 2.83. The molecule has 0 saturated heterocycles. The van der Waals surface area contributed by atoms with Gasteiger partial charge in [-0.3, -0.25) is 4.79 Å². The summed E-state index contributed by atoms with van der Waals surface area (Å²) < 4.78 is 0. The first-order chi connectivity index (χ1) is 9.61. The van der Waals surface area contributed by atoms with Gasteiger partial charge in [0.05, 0.1) is 5.56 Å². The lowest BCUT2D eigenvalue weighted by Gasteiger charge is -2.09. The summed E-state index contributed by atoms with van der Waals surface area (Å²) in [6, 6.07) is 11.6. The molecule has 0 aromatic heterocycles. The van der Waals surface area contributed by atoms with E-state index in [1.807, 2.05) is 25.2 Å². The molecule has 0 radical (unpaired) electrons. The molecule has 1 amide bonds. The Bertz CT molecular complexity index is 626. The fraction of sp³-hybridized carbons (Fsp3) is 0.133. The molecule has 2 aromatic carbocycles. The number of anilines is 1. The number of carbonyl (C=O) groups is 1. The highest BCUT2D eigenvalue weighted by Crippen LogP contribution is 2.28. The maximum Gasteiger partial charge on any atom is 0.259 e. The van der Waals surface area contributed by atoms with Crippen molar-refractivity contribution in [3.63, 3.8) is 0 Å². The Balaban J connectivity index is 2.19. The Morgan fingerprint density at radius 3 is 2.65 bits per heavy atom. The summed E-state index contributed by atoms with van der Waals surface area (Å²) in [7, 11) is 1.84. The summed E-state index contributed by atoms with van der Waals surface area (Å²) in [5, 5.41) is 24.8. The first-order valence-corrected chi connectivity index (χ1v) is 6.17. The van der Waals surface area contributed by atoms with Crippen LogP contribution in [0.2, 0.25) is 0 Å². The molecule has 0 fully saturated rings. The van der Waals surface area contributed by atoms with E-state index in [-0.39, 0.29) is 11.3 Å². The van der Waals surface area contributed by atoms with Crippen LogP contribution in [0.4, 0.5) is 5.69 Å². The van der Waals surface area contributed by atoms with Crippen LogP contribution in [0.5, 0.6) is 11.5 Å². The predicted molar refractivity (Wildman–Crippen MR) is 76.9 cm³/mol. The van der Waals surface area contributed by atoms with E-state index in [0.717, 1.165) is 5.56 Å². The highest BCUT2D eigenvalue weighted by Gasteiger charge is 2.14. The molecular weight excluding hydrogens is 256 g/mol. The Kier molecular flexibility index (Phi) is 4.22. The number of phenolic OH excluding ortho intramolecular Hbond substituents is 2. The largest absolute Gasteiger partial charge is 0.504 e. The topological polar surface area (TPSA) is 81.6 Å². The number of hydrogen-bond acceptors (Lipinski definition) is 4. The summed E-state index contributed by atoms with van der Waals surface area (Å²) in [4.78, 5) is 12.1.